The molecule has 0 aliphatic rings. The third-order valence-corrected chi connectivity index (χ3v) is 2.94. The van der Waals surface area contributed by atoms with Crippen LogP contribution in [0.25, 0.3) is 0 Å². The summed E-state index contributed by atoms with van der Waals surface area (Å²) in [4.78, 5) is 0. The van der Waals surface area contributed by atoms with Gasteiger partial charge in [-0.05, 0) is 37.7 Å². The number of hydrogen-bond acceptors (Lipinski definition) is 5. The molecule has 0 aliphatic carbocycles. The highest BCUT2D eigenvalue weighted by Gasteiger charge is 2.00. The van der Waals surface area contributed by atoms with Gasteiger partial charge in [0.25, 0.3) is 0 Å². The molecule has 6 nitrogen and oxygen atoms in total. The number of thiocarbonyl (C=S) groups is 1. The van der Waals surface area contributed by atoms with E-state index in [0.29, 0.717) is 16.6 Å². The Balaban J connectivity index is 2.40. The zero-order chi connectivity index (χ0) is 16.2. The maximum absolute atomic E-state index is 5.24. The maximum atomic E-state index is 5.24. The van der Waals surface area contributed by atoms with Crippen molar-refractivity contribution in [3.8, 4) is 11.5 Å². The van der Waals surface area contributed by atoms with Gasteiger partial charge in [-0.2, -0.15) is 5.10 Å². The Morgan fingerprint density at radius 1 is 1.23 bits per heavy atom. The number of rotatable bonds is 9. The molecule has 0 fully saturated rings. The smallest absolute Gasteiger partial charge is 0.186 e. The van der Waals surface area contributed by atoms with Crippen molar-refractivity contribution >= 4 is 23.5 Å². The fourth-order valence-electron chi connectivity index (χ4n) is 1.63. The third kappa shape index (κ3) is 7.24. The van der Waals surface area contributed by atoms with Gasteiger partial charge in [0.1, 0.15) is 11.5 Å². The first kappa shape index (κ1) is 18.2. The van der Waals surface area contributed by atoms with E-state index in [4.69, 9.17) is 26.4 Å². The number of ether oxygens (including phenoxy) is 3. The van der Waals surface area contributed by atoms with Crippen LogP contribution in [0, 0.1) is 0 Å². The van der Waals surface area contributed by atoms with Gasteiger partial charge in [-0.25, -0.2) is 0 Å². The van der Waals surface area contributed by atoms with Crippen LogP contribution in [0.1, 0.15) is 18.9 Å². The molecule has 0 spiro atoms. The number of benzene rings is 1. The van der Waals surface area contributed by atoms with Crippen molar-refractivity contribution < 1.29 is 14.2 Å². The van der Waals surface area contributed by atoms with Gasteiger partial charge in [0.15, 0.2) is 5.11 Å². The molecule has 22 heavy (non-hydrogen) atoms. The second kappa shape index (κ2) is 10.8. The standard InChI is InChI=1S/C15H23N3O3S/c1-4-21-7-5-6-16-15(22)18-17-11-12-8-13(19-2)10-14(9-12)20-3/h8-11H,4-7H2,1-3H3,(H2,16,18,22)/b17-11-. The van der Waals surface area contributed by atoms with Crippen LogP contribution >= 0.6 is 12.2 Å². The van der Waals surface area contributed by atoms with E-state index in [1.807, 2.05) is 19.1 Å². The topological polar surface area (TPSA) is 64.1 Å². The number of nitrogens with zero attached hydrogens (tertiary/aromatic N) is 1. The average Bonchev–Trinajstić information content (AvgIpc) is 2.54. The van der Waals surface area contributed by atoms with E-state index in [1.54, 1.807) is 26.5 Å². The van der Waals surface area contributed by atoms with Crippen molar-refractivity contribution in [3.63, 3.8) is 0 Å². The maximum Gasteiger partial charge on any atom is 0.186 e. The molecule has 2 N–H and O–H groups in total. The molecule has 7 heteroatoms. The van der Waals surface area contributed by atoms with Crippen LogP contribution in [0.2, 0.25) is 0 Å². The molecule has 0 saturated carbocycles. The average molecular weight is 325 g/mol. The van der Waals surface area contributed by atoms with Gasteiger partial charge in [-0.3, -0.25) is 5.43 Å². The minimum absolute atomic E-state index is 0.475. The predicted molar refractivity (Wildman–Crippen MR) is 92.0 cm³/mol. The van der Waals surface area contributed by atoms with E-state index in [2.05, 4.69) is 15.8 Å². The fraction of sp³-hybridized carbons (Fsp3) is 0.467. The summed E-state index contributed by atoms with van der Waals surface area (Å²) < 4.78 is 15.6. The summed E-state index contributed by atoms with van der Waals surface area (Å²) in [5, 5.41) is 7.61. The highest BCUT2D eigenvalue weighted by molar-refractivity contribution is 7.80. The summed E-state index contributed by atoms with van der Waals surface area (Å²) in [6.07, 6.45) is 2.55. The molecule has 1 aromatic rings. The molecule has 0 atom stereocenters. The summed E-state index contributed by atoms with van der Waals surface area (Å²) in [6.45, 7) is 4.17. The first-order valence-corrected chi connectivity index (χ1v) is 7.48. The summed E-state index contributed by atoms with van der Waals surface area (Å²) in [6, 6.07) is 5.51. The second-order valence-corrected chi connectivity index (χ2v) is 4.73. The molecule has 0 amide bonds. The summed E-state index contributed by atoms with van der Waals surface area (Å²) in [5.41, 5.74) is 3.61. The Bertz CT molecular complexity index is 473. The van der Waals surface area contributed by atoms with E-state index in [9.17, 15) is 0 Å². The highest BCUT2D eigenvalue weighted by atomic mass is 32.1. The zero-order valence-corrected chi connectivity index (χ0v) is 14.0. The van der Waals surface area contributed by atoms with Crippen LogP contribution in [0.5, 0.6) is 11.5 Å². The normalized spacial score (nSPS) is 10.5. The highest BCUT2D eigenvalue weighted by Crippen LogP contribution is 2.21. The van der Waals surface area contributed by atoms with E-state index in [1.165, 1.54) is 0 Å². The minimum Gasteiger partial charge on any atom is -0.497 e. The van der Waals surface area contributed by atoms with Crippen LogP contribution in [-0.4, -0.2) is 45.3 Å². The van der Waals surface area contributed by atoms with Crippen molar-refractivity contribution in [3.05, 3.63) is 23.8 Å². The number of hydrazone groups is 1. The molecule has 0 bridgehead atoms. The van der Waals surface area contributed by atoms with Crippen LogP contribution in [0.15, 0.2) is 23.3 Å². The molecule has 0 aliphatic heterocycles. The lowest BCUT2D eigenvalue weighted by atomic mass is 10.2. The van der Waals surface area contributed by atoms with Crippen LogP contribution in [-0.2, 0) is 4.74 Å². The SMILES string of the molecule is CCOCCCNC(=S)N/N=C\c1cc(OC)cc(OC)c1. The van der Waals surface area contributed by atoms with E-state index in [-0.39, 0.29) is 0 Å². The van der Waals surface area contributed by atoms with Crippen molar-refractivity contribution in [2.45, 2.75) is 13.3 Å². The van der Waals surface area contributed by atoms with Gasteiger partial charge >= 0.3 is 0 Å². The van der Waals surface area contributed by atoms with E-state index >= 15 is 0 Å². The Morgan fingerprint density at radius 3 is 2.50 bits per heavy atom. The number of nitrogens with one attached hydrogen (secondary N) is 2. The lowest BCUT2D eigenvalue weighted by Crippen LogP contribution is -2.33. The van der Waals surface area contributed by atoms with Crippen molar-refractivity contribution in [2.24, 2.45) is 5.10 Å². The Labute approximate surface area is 136 Å². The molecule has 122 valence electrons. The van der Waals surface area contributed by atoms with Gasteiger partial charge in [0.2, 0.25) is 0 Å². The van der Waals surface area contributed by atoms with Crippen LogP contribution < -0.4 is 20.2 Å². The monoisotopic (exact) mass is 325 g/mol. The molecular weight excluding hydrogens is 302 g/mol. The van der Waals surface area contributed by atoms with Gasteiger partial charge in [-0.15, -0.1) is 0 Å². The molecule has 0 aromatic heterocycles. The Morgan fingerprint density at radius 2 is 1.91 bits per heavy atom. The molecule has 1 rings (SSSR count). The lowest BCUT2D eigenvalue weighted by Gasteiger charge is -2.07. The van der Waals surface area contributed by atoms with Crippen LogP contribution in [0.4, 0.5) is 0 Å². The molecular formula is C15H23N3O3S. The quantitative estimate of drug-likeness (QED) is 0.313. The second-order valence-electron chi connectivity index (χ2n) is 4.32. The van der Waals surface area contributed by atoms with Gasteiger partial charge in [0, 0.05) is 31.4 Å². The Hall–Kier alpha value is -1.86. The Kier molecular flexibility index (Phi) is 8.94. The largest absolute Gasteiger partial charge is 0.497 e. The lowest BCUT2D eigenvalue weighted by molar-refractivity contribution is 0.145. The first-order chi connectivity index (χ1) is 10.7. The molecule has 0 heterocycles. The summed E-state index contributed by atoms with van der Waals surface area (Å²) in [5.74, 6) is 1.41. The van der Waals surface area contributed by atoms with E-state index in [0.717, 1.165) is 31.7 Å². The minimum atomic E-state index is 0.475. The number of hydrogen-bond donors (Lipinski definition) is 2. The number of methoxy groups -OCH3 is 2. The van der Waals surface area contributed by atoms with Gasteiger partial charge in [-0.1, -0.05) is 0 Å². The summed E-state index contributed by atoms with van der Waals surface area (Å²) >= 11 is 5.12. The van der Waals surface area contributed by atoms with Crippen molar-refractivity contribution in [2.75, 3.05) is 34.0 Å². The molecule has 1 aromatic carbocycles. The molecule has 0 saturated heterocycles. The van der Waals surface area contributed by atoms with Crippen molar-refractivity contribution in [1.29, 1.82) is 0 Å². The predicted octanol–water partition coefficient (Wildman–Crippen LogP) is 1.93. The van der Waals surface area contributed by atoms with Gasteiger partial charge in [0.05, 0.1) is 20.4 Å². The summed E-state index contributed by atoms with van der Waals surface area (Å²) in [7, 11) is 3.21. The first-order valence-electron chi connectivity index (χ1n) is 7.07. The van der Waals surface area contributed by atoms with Crippen LogP contribution in [0.3, 0.4) is 0 Å². The molecule has 0 unspecified atom stereocenters. The molecule has 0 radical (unpaired) electrons. The van der Waals surface area contributed by atoms with E-state index < -0.39 is 0 Å². The van der Waals surface area contributed by atoms with Gasteiger partial charge < -0.3 is 19.5 Å². The van der Waals surface area contributed by atoms with Crippen molar-refractivity contribution in [1.82, 2.24) is 10.7 Å². The zero-order valence-electron chi connectivity index (χ0n) is 13.2. The third-order valence-electron chi connectivity index (χ3n) is 2.71. The fourth-order valence-corrected chi connectivity index (χ4v) is 1.78.